The third kappa shape index (κ3) is 3.00. The molecule has 0 saturated carbocycles. The van der Waals surface area contributed by atoms with Gasteiger partial charge in [0.15, 0.2) is 5.82 Å². The zero-order valence-electron chi connectivity index (χ0n) is 14.2. The Hall–Kier alpha value is -2.98. The Morgan fingerprint density at radius 1 is 0.923 bits per heavy atom. The third-order valence-electron chi connectivity index (χ3n) is 4.26. The molecule has 0 N–H and O–H groups in total. The number of nitrogens with zero attached hydrogens (tertiary/aromatic N) is 4. The van der Waals surface area contributed by atoms with E-state index in [1.807, 2.05) is 49.4 Å². The minimum absolute atomic E-state index is 0.630. The fraction of sp³-hybridized carbons (Fsp3) is 0.0476. The predicted octanol–water partition coefficient (Wildman–Crippen LogP) is 5.47. The van der Waals surface area contributed by atoms with Gasteiger partial charge in [0.2, 0.25) is 0 Å². The summed E-state index contributed by atoms with van der Waals surface area (Å²) < 4.78 is 1.55. The second kappa shape index (κ2) is 6.73. The monoisotopic (exact) mass is 359 g/mol. The second-order valence-corrected chi connectivity index (χ2v) is 6.38. The van der Waals surface area contributed by atoms with Gasteiger partial charge in [-0.2, -0.15) is 0 Å². The fourth-order valence-corrected chi connectivity index (χ4v) is 3.21. The van der Waals surface area contributed by atoms with Crippen LogP contribution in [0, 0.1) is 13.8 Å². The van der Waals surface area contributed by atoms with E-state index < -0.39 is 0 Å². The van der Waals surface area contributed by atoms with Gasteiger partial charge in [-0.15, -0.1) is 0 Å². The van der Waals surface area contributed by atoms with Crippen molar-refractivity contribution in [1.82, 2.24) is 15.0 Å². The molecule has 26 heavy (non-hydrogen) atoms. The van der Waals surface area contributed by atoms with E-state index in [1.54, 1.807) is 29.2 Å². The van der Waals surface area contributed by atoms with Crippen molar-refractivity contribution in [3.8, 4) is 11.1 Å². The summed E-state index contributed by atoms with van der Waals surface area (Å²) in [5.41, 5.74) is 4.69. The van der Waals surface area contributed by atoms with Crippen LogP contribution in [0.2, 0.25) is 0 Å². The Morgan fingerprint density at radius 3 is 2.54 bits per heavy atom. The summed E-state index contributed by atoms with van der Waals surface area (Å²) in [6, 6.07) is 13.9. The zero-order chi connectivity index (χ0) is 18.1. The highest BCUT2D eigenvalue weighted by molar-refractivity contribution is 6.31. The average molecular weight is 360 g/mol. The van der Waals surface area contributed by atoms with Gasteiger partial charge in [0.25, 0.3) is 0 Å². The van der Waals surface area contributed by atoms with Crippen LogP contribution in [0.3, 0.4) is 0 Å². The van der Waals surface area contributed by atoms with Gasteiger partial charge >= 0.3 is 0 Å². The van der Waals surface area contributed by atoms with Crippen LogP contribution in [0.1, 0.15) is 11.3 Å². The van der Waals surface area contributed by atoms with Crippen LogP contribution in [0.25, 0.3) is 21.9 Å². The van der Waals surface area contributed by atoms with Crippen LogP contribution >= 0.6 is 11.8 Å². The van der Waals surface area contributed by atoms with Crippen LogP contribution in [0.15, 0.2) is 67.3 Å². The first kappa shape index (κ1) is 16.5. The normalized spacial score (nSPS) is 10.9. The van der Waals surface area contributed by atoms with E-state index >= 15 is 0 Å². The standard InChI is InChI=1S/C21H16ClN4/c1-14-3-4-17(18-7-9-24-15(2)11-18)12-20(14)26(22)21-19-13-23-8-5-16(19)6-10-25-21/h3-13H,1H2,2H3. The molecule has 3 aromatic heterocycles. The van der Waals surface area contributed by atoms with Gasteiger partial charge in [0.05, 0.1) is 5.69 Å². The number of halogens is 1. The Balaban J connectivity index is 1.83. The Bertz CT molecular complexity index is 1090. The van der Waals surface area contributed by atoms with E-state index in [9.17, 15) is 0 Å². The lowest BCUT2D eigenvalue weighted by Gasteiger charge is -2.19. The summed E-state index contributed by atoms with van der Waals surface area (Å²) in [6.07, 6.45) is 7.07. The van der Waals surface area contributed by atoms with E-state index in [0.717, 1.165) is 38.8 Å². The first-order valence-corrected chi connectivity index (χ1v) is 8.51. The highest BCUT2D eigenvalue weighted by Gasteiger charge is 2.15. The molecule has 5 heteroatoms. The number of hydrogen-bond acceptors (Lipinski definition) is 4. The lowest BCUT2D eigenvalue weighted by Crippen LogP contribution is -2.06. The number of aryl methyl sites for hydroxylation is 1. The van der Waals surface area contributed by atoms with E-state index in [4.69, 9.17) is 11.8 Å². The molecule has 0 bridgehead atoms. The molecule has 0 aliphatic carbocycles. The number of pyridine rings is 3. The molecule has 1 aromatic carbocycles. The molecule has 0 atom stereocenters. The molecular formula is C21H16ClN4. The van der Waals surface area contributed by atoms with Gasteiger partial charge in [0.1, 0.15) is 0 Å². The summed E-state index contributed by atoms with van der Waals surface area (Å²) in [4.78, 5) is 12.9. The molecule has 127 valence electrons. The van der Waals surface area contributed by atoms with Crippen molar-refractivity contribution >= 4 is 34.1 Å². The molecule has 4 rings (SSSR count). The molecule has 0 spiro atoms. The van der Waals surface area contributed by atoms with Crippen molar-refractivity contribution in [3.05, 3.63) is 85.4 Å². The van der Waals surface area contributed by atoms with E-state index in [0.29, 0.717) is 5.82 Å². The molecule has 4 nitrogen and oxygen atoms in total. The lowest BCUT2D eigenvalue weighted by atomic mass is 10.0. The van der Waals surface area contributed by atoms with Crippen molar-refractivity contribution in [3.63, 3.8) is 0 Å². The highest BCUT2D eigenvalue weighted by atomic mass is 35.5. The summed E-state index contributed by atoms with van der Waals surface area (Å²) in [5, 5.41) is 1.91. The Morgan fingerprint density at radius 2 is 1.69 bits per heavy atom. The van der Waals surface area contributed by atoms with Crippen LogP contribution in [0.4, 0.5) is 11.5 Å². The zero-order valence-corrected chi connectivity index (χ0v) is 15.0. The number of hydrogen-bond donors (Lipinski definition) is 0. The third-order valence-corrected chi connectivity index (χ3v) is 4.60. The van der Waals surface area contributed by atoms with Gasteiger partial charge in [-0.1, -0.05) is 12.1 Å². The van der Waals surface area contributed by atoms with Crippen molar-refractivity contribution in [2.45, 2.75) is 6.92 Å². The first-order valence-electron chi connectivity index (χ1n) is 8.17. The summed E-state index contributed by atoms with van der Waals surface area (Å²) in [5.74, 6) is 0.630. The molecule has 1 radical (unpaired) electrons. The second-order valence-electron chi connectivity index (χ2n) is 6.04. The molecular weight excluding hydrogens is 344 g/mol. The maximum absolute atomic E-state index is 6.70. The number of aromatic nitrogens is 3. The molecule has 4 aromatic rings. The van der Waals surface area contributed by atoms with Gasteiger partial charge in [-0.3, -0.25) is 9.97 Å². The lowest BCUT2D eigenvalue weighted by molar-refractivity contribution is 1.20. The van der Waals surface area contributed by atoms with Crippen LogP contribution < -0.4 is 4.42 Å². The molecule has 0 unspecified atom stereocenters. The molecule has 3 heterocycles. The van der Waals surface area contributed by atoms with Gasteiger partial charge in [-0.05, 0) is 66.3 Å². The van der Waals surface area contributed by atoms with Crippen molar-refractivity contribution < 1.29 is 0 Å². The van der Waals surface area contributed by atoms with Gasteiger partial charge in [-0.25, -0.2) is 9.40 Å². The maximum Gasteiger partial charge on any atom is 0.157 e. The molecule has 0 saturated heterocycles. The van der Waals surface area contributed by atoms with Crippen LogP contribution in [0.5, 0.6) is 0 Å². The molecule has 0 fully saturated rings. The van der Waals surface area contributed by atoms with Crippen LogP contribution in [-0.2, 0) is 0 Å². The minimum Gasteiger partial charge on any atom is -0.264 e. The number of anilines is 2. The largest absolute Gasteiger partial charge is 0.264 e. The highest BCUT2D eigenvalue weighted by Crippen LogP contribution is 2.36. The average Bonchev–Trinajstić information content (AvgIpc) is 2.67. The summed E-state index contributed by atoms with van der Waals surface area (Å²) in [6.45, 7) is 6.09. The fourth-order valence-electron chi connectivity index (χ4n) is 2.92. The van der Waals surface area contributed by atoms with E-state index in [1.165, 1.54) is 0 Å². The molecule has 0 amide bonds. The summed E-state index contributed by atoms with van der Waals surface area (Å²) in [7, 11) is 0. The number of fused-ring (bicyclic) bond motifs is 1. The topological polar surface area (TPSA) is 41.9 Å². The van der Waals surface area contributed by atoms with E-state index in [2.05, 4.69) is 21.9 Å². The van der Waals surface area contributed by atoms with Gasteiger partial charge in [0, 0.05) is 47.6 Å². The molecule has 0 aliphatic heterocycles. The SMILES string of the molecule is [CH2]c1ccc(-c2ccnc(C)c2)cc1N(Cl)c1nccc2ccncc12. The maximum atomic E-state index is 6.70. The van der Waals surface area contributed by atoms with Crippen LogP contribution in [-0.4, -0.2) is 15.0 Å². The Labute approximate surface area is 157 Å². The predicted molar refractivity (Wildman–Crippen MR) is 106 cm³/mol. The van der Waals surface area contributed by atoms with Crippen molar-refractivity contribution in [2.75, 3.05) is 4.42 Å². The molecule has 0 aliphatic rings. The van der Waals surface area contributed by atoms with Crippen molar-refractivity contribution in [2.24, 2.45) is 0 Å². The smallest absolute Gasteiger partial charge is 0.157 e. The van der Waals surface area contributed by atoms with E-state index in [-0.39, 0.29) is 0 Å². The van der Waals surface area contributed by atoms with Gasteiger partial charge < -0.3 is 0 Å². The Kier molecular flexibility index (Phi) is 4.27. The number of rotatable bonds is 3. The number of benzene rings is 1. The van der Waals surface area contributed by atoms with Crippen molar-refractivity contribution in [1.29, 1.82) is 0 Å². The minimum atomic E-state index is 0.630. The quantitative estimate of drug-likeness (QED) is 0.454. The first-order chi connectivity index (χ1) is 12.6. The summed E-state index contributed by atoms with van der Waals surface area (Å²) >= 11 is 6.70.